The van der Waals surface area contributed by atoms with Crippen molar-refractivity contribution in [2.75, 3.05) is 26.4 Å². The molecule has 11 atom stereocenters. The third kappa shape index (κ3) is 26.3. The molecular weight excluding hydrogens is 853 g/mol. The lowest BCUT2D eigenvalue weighted by Crippen LogP contribution is -2.61. The Morgan fingerprint density at radius 1 is 0.485 bits per heavy atom. The number of allylic oxidation sites excluding steroid dienone is 8. The summed E-state index contributed by atoms with van der Waals surface area (Å²) in [7, 11) is 0. The average molecular weight is 941 g/mol. The van der Waals surface area contributed by atoms with Gasteiger partial charge in [-0.05, 0) is 77.0 Å². The van der Waals surface area contributed by atoms with E-state index in [1.165, 1.54) is 70.6 Å². The molecule has 66 heavy (non-hydrogen) atoms. The fourth-order valence-electron chi connectivity index (χ4n) is 7.57. The summed E-state index contributed by atoms with van der Waals surface area (Å²) in [4.78, 5) is 25.7. The number of hydrogen-bond acceptors (Lipinski definition) is 15. The molecule has 2 heterocycles. The topological polar surface area (TPSA) is 231 Å². The first-order valence-corrected chi connectivity index (χ1v) is 25.2. The molecule has 0 aromatic rings. The van der Waals surface area contributed by atoms with Crippen molar-refractivity contribution in [2.24, 2.45) is 0 Å². The number of rotatable bonds is 38. The van der Waals surface area contributed by atoms with Gasteiger partial charge < -0.3 is 64.2 Å². The Kier molecular flexibility index (Phi) is 34.6. The summed E-state index contributed by atoms with van der Waals surface area (Å²) in [5.41, 5.74) is 0. The molecule has 0 aromatic heterocycles. The number of ether oxygens (including phenoxy) is 6. The van der Waals surface area contributed by atoms with Gasteiger partial charge in [0.2, 0.25) is 0 Å². The summed E-state index contributed by atoms with van der Waals surface area (Å²) in [6.45, 7) is 2.49. The van der Waals surface area contributed by atoms with Gasteiger partial charge in [0.25, 0.3) is 0 Å². The minimum atomic E-state index is -1.77. The van der Waals surface area contributed by atoms with Crippen LogP contribution in [0.4, 0.5) is 0 Å². The van der Waals surface area contributed by atoms with E-state index in [2.05, 4.69) is 62.5 Å². The van der Waals surface area contributed by atoms with E-state index in [-0.39, 0.29) is 19.4 Å². The summed E-state index contributed by atoms with van der Waals surface area (Å²) in [5.74, 6) is -0.990. The molecule has 15 heteroatoms. The van der Waals surface area contributed by atoms with Crippen molar-refractivity contribution in [3.63, 3.8) is 0 Å². The maximum atomic E-state index is 13.0. The molecule has 0 aliphatic carbocycles. The van der Waals surface area contributed by atoms with E-state index in [9.17, 15) is 45.3 Å². The maximum Gasteiger partial charge on any atom is 0.306 e. The predicted molar refractivity (Wildman–Crippen MR) is 252 cm³/mol. The molecule has 382 valence electrons. The Labute approximate surface area is 395 Å². The normalized spacial score (nSPS) is 26.6. The van der Waals surface area contributed by atoms with Crippen molar-refractivity contribution in [1.82, 2.24) is 0 Å². The summed E-state index contributed by atoms with van der Waals surface area (Å²) in [6.07, 6.45) is 24.3. The Morgan fingerprint density at radius 3 is 1.50 bits per heavy atom. The Bertz CT molecular complexity index is 1340. The fourth-order valence-corrected chi connectivity index (χ4v) is 7.57. The van der Waals surface area contributed by atoms with Gasteiger partial charge in [0.05, 0.1) is 19.8 Å². The summed E-state index contributed by atoms with van der Waals surface area (Å²) < 4.78 is 33.5. The molecule has 2 aliphatic rings. The van der Waals surface area contributed by atoms with Crippen LogP contribution in [0.15, 0.2) is 48.6 Å². The molecule has 15 nitrogen and oxygen atoms in total. The van der Waals surface area contributed by atoms with Gasteiger partial charge in [-0.25, -0.2) is 0 Å². The molecule has 2 aliphatic heterocycles. The highest BCUT2D eigenvalue weighted by Crippen LogP contribution is 2.26. The lowest BCUT2D eigenvalue weighted by Gasteiger charge is -2.42. The highest BCUT2D eigenvalue weighted by Gasteiger charge is 2.47. The lowest BCUT2D eigenvalue weighted by atomic mass is 9.98. The predicted octanol–water partition coefficient (Wildman–Crippen LogP) is 6.71. The van der Waals surface area contributed by atoms with Gasteiger partial charge in [-0.15, -0.1) is 0 Å². The average Bonchev–Trinajstić information content (AvgIpc) is 3.31. The first kappa shape index (κ1) is 59.6. The zero-order chi connectivity index (χ0) is 48.2. The third-order valence-corrected chi connectivity index (χ3v) is 11.8. The largest absolute Gasteiger partial charge is 0.462 e. The quantitative estimate of drug-likeness (QED) is 0.0194. The SMILES string of the molecule is CCCCC/C=C/C/C=C/C/C=C/CCCCC(=O)O[C@H](COC(=O)CCCCC/C=C/CCCCCCCCCC)CO[C@@H]1O[C@H](CO[C@@H]2O[C@H](CO)[C@H](O)C(O)C2O)[C@H](O)C(O)C1O. The number of unbranched alkanes of at least 4 members (excludes halogenated alkanes) is 16. The summed E-state index contributed by atoms with van der Waals surface area (Å²) in [6, 6.07) is 0. The van der Waals surface area contributed by atoms with E-state index in [0.29, 0.717) is 12.8 Å². The first-order valence-electron chi connectivity index (χ1n) is 25.2. The minimum absolute atomic E-state index is 0.112. The van der Waals surface area contributed by atoms with Gasteiger partial charge in [0.15, 0.2) is 18.7 Å². The second kappa shape index (κ2) is 38.3. The number of carbonyl (C=O) groups excluding carboxylic acids is 2. The van der Waals surface area contributed by atoms with Crippen molar-refractivity contribution in [2.45, 2.75) is 235 Å². The Hall–Kier alpha value is -2.54. The first-order chi connectivity index (χ1) is 32.0. The summed E-state index contributed by atoms with van der Waals surface area (Å²) >= 11 is 0. The number of hydrogen-bond donors (Lipinski definition) is 7. The van der Waals surface area contributed by atoms with Crippen molar-refractivity contribution >= 4 is 11.9 Å². The molecule has 2 rings (SSSR count). The summed E-state index contributed by atoms with van der Waals surface area (Å²) in [5, 5.41) is 72.0. The number of aliphatic hydroxyl groups is 7. The van der Waals surface area contributed by atoms with E-state index in [1.807, 2.05) is 0 Å². The van der Waals surface area contributed by atoms with Crippen LogP contribution in [0, 0.1) is 0 Å². The molecule has 0 spiro atoms. The molecule has 0 saturated carbocycles. The highest BCUT2D eigenvalue weighted by molar-refractivity contribution is 5.70. The molecule has 0 aromatic carbocycles. The standard InChI is InChI=1S/C51H88O15/c1-3-5-7-9-11-13-15-17-19-21-23-25-27-29-31-33-42(53)61-36-39(64-43(54)34-32-30-28-26-24-22-20-18-16-14-12-10-8-6-4-2)37-62-50-49(60)47(58)45(56)41(66-50)38-63-51-48(59)46(57)44(55)40(35-52)65-51/h12,14,18,20-21,23-24,26,39-41,44-52,55-60H,3-11,13,15-17,19,22,25,27-38H2,1-2H3/b14-12+,20-18+,23-21+,26-24+/t39-,40-,41-,44+,45+,46?,47?,48?,49?,50-,51-/m1/s1. The van der Waals surface area contributed by atoms with Crippen molar-refractivity contribution < 1.29 is 73.8 Å². The van der Waals surface area contributed by atoms with E-state index in [0.717, 1.165) is 57.8 Å². The molecule has 4 unspecified atom stereocenters. The molecule has 0 bridgehead atoms. The second-order valence-corrected chi connectivity index (χ2v) is 17.6. The third-order valence-electron chi connectivity index (χ3n) is 11.8. The lowest BCUT2D eigenvalue weighted by molar-refractivity contribution is -0.332. The van der Waals surface area contributed by atoms with Gasteiger partial charge in [-0.2, -0.15) is 0 Å². The van der Waals surface area contributed by atoms with Crippen molar-refractivity contribution in [1.29, 1.82) is 0 Å². The van der Waals surface area contributed by atoms with Gasteiger partial charge in [0.1, 0.15) is 55.4 Å². The van der Waals surface area contributed by atoms with E-state index >= 15 is 0 Å². The van der Waals surface area contributed by atoms with Crippen molar-refractivity contribution in [3.05, 3.63) is 48.6 Å². The van der Waals surface area contributed by atoms with E-state index in [1.54, 1.807) is 0 Å². The zero-order valence-corrected chi connectivity index (χ0v) is 40.2. The number of aliphatic hydroxyl groups excluding tert-OH is 7. The van der Waals surface area contributed by atoms with Crippen LogP contribution in [0.3, 0.4) is 0 Å². The number of esters is 2. The Morgan fingerprint density at radius 2 is 0.909 bits per heavy atom. The van der Waals surface area contributed by atoms with E-state index < -0.39 is 99.3 Å². The van der Waals surface area contributed by atoms with Crippen molar-refractivity contribution in [3.8, 4) is 0 Å². The zero-order valence-electron chi connectivity index (χ0n) is 40.2. The molecule has 7 N–H and O–H groups in total. The molecule has 2 fully saturated rings. The van der Waals surface area contributed by atoms with Crippen LogP contribution >= 0.6 is 0 Å². The van der Waals surface area contributed by atoms with Gasteiger partial charge in [-0.1, -0.05) is 127 Å². The Balaban J connectivity index is 1.85. The number of carbonyl (C=O) groups is 2. The molecular formula is C51H88O15. The maximum absolute atomic E-state index is 13.0. The van der Waals surface area contributed by atoms with Crippen LogP contribution in [-0.4, -0.2) is 142 Å². The fraction of sp³-hybridized carbons (Fsp3) is 0.804. The molecule has 0 amide bonds. The van der Waals surface area contributed by atoms with Crippen LogP contribution < -0.4 is 0 Å². The molecule has 2 saturated heterocycles. The smallest absolute Gasteiger partial charge is 0.306 e. The van der Waals surface area contributed by atoms with Crippen LogP contribution in [-0.2, 0) is 38.0 Å². The molecule has 0 radical (unpaired) electrons. The van der Waals surface area contributed by atoms with Gasteiger partial charge >= 0.3 is 11.9 Å². The van der Waals surface area contributed by atoms with Crippen LogP contribution in [0.25, 0.3) is 0 Å². The minimum Gasteiger partial charge on any atom is -0.462 e. The van der Waals surface area contributed by atoms with Crippen LogP contribution in [0.2, 0.25) is 0 Å². The monoisotopic (exact) mass is 941 g/mol. The van der Waals surface area contributed by atoms with Crippen LogP contribution in [0.1, 0.15) is 168 Å². The van der Waals surface area contributed by atoms with Crippen LogP contribution in [0.5, 0.6) is 0 Å². The van der Waals surface area contributed by atoms with Gasteiger partial charge in [-0.3, -0.25) is 9.59 Å². The van der Waals surface area contributed by atoms with E-state index in [4.69, 9.17) is 28.4 Å². The highest BCUT2D eigenvalue weighted by atomic mass is 16.7. The van der Waals surface area contributed by atoms with Gasteiger partial charge in [0, 0.05) is 12.8 Å². The second-order valence-electron chi connectivity index (χ2n) is 17.6.